The van der Waals surface area contributed by atoms with Crippen LogP contribution >= 0.6 is 7.60 Å². The Morgan fingerprint density at radius 3 is 3.18 bits per heavy atom. The summed E-state index contributed by atoms with van der Waals surface area (Å²) >= 11 is 0. The van der Waals surface area contributed by atoms with Crippen LogP contribution in [0.25, 0.3) is 0 Å². The molecule has 1 atom stereocenters. The smallest absolute Gasteiger partial charge is 0.309 e. The summed E-state index contributed by atoms with van der Waals surface area (Å²) in [6.45, 7) is 0.376. The second-order valence-electron chi connectivity index (χ2n) is 2.10. The minimum absolute atomic E-state index is 0.376. The van der Waals surface area contributed by atoms with Gasteiger partial charge in [-0.05, 0) is 0 Å². The molecule has 1 rings (SSSR count). The monoisotopic (exact) mass is 172 g/mol. The molecular formula is C7H9O3P. The van der Waals surface area contributed by atoms with Crippen molar-refractivity contribution in [3.63, 3.8) is 0 Å². The van der Waals surface area contributed by atoms with Gasteiger partial charge in [-0.2, -0.15) is 0 Å². The molecule has 4 heteroatoms. The molecule has 1 aliphatic rings. The van der Waals surface area contributed by atoms with E-state index in [1.807, 2.05) is 0 Å². The van der Waals surface area contributed by atoms with Gasteiger partial charge in [0.15, 0.2) is 0 Å². The Labute approximate surface area is 65.9 Å². The van der Waals surface area contributed by atoms with Gasteiger partial charge in [0.1, 0.15) is 0 Å². The summed E-state index contributed by atoms with van der Waals surface area (Å²) in [7, 11) is -1.63. The molecule has 0 spiro atoms. The van der Waals surface area contributed by atoms with E-state index in [1.165, 1.54) is 12.9 Å². The highest BCUT2D eigenvalue weighted by Crippen LogP contribution is 2.52. The summed E-state index contributed by atoms with van der Waals surface area (Å²) in [4.78, 5) is 0. The highest BCUT2D eigenvalue weighted by Gasteiger charge is 2.24. The minimum Gasteiger partial charge on any atom is -0.309 e. The minimum atomic E-state index is -2.97. The van der Waals surface area contributed by atoms with Crippen molar-refractivity contribution in [1.82, 2.24) is 0 Å². The lowest BCUT2D eigenvalue weighted by atomic mass is 10.2. The Morgan fingerprint density at radius 2 is 2.64 bits per heavy atom. The Kier molecular flexibility index (Phi) is 2.51. The Hall–Kier alpha value is -0.550. The fourth-order valence-electron chi connectivity index (χ4n) is 0.790. The summed E-state index contributed by atoms with van der Waals surface area (Å²) in [6, 6.07) is 0. The Balaban J connectivity index is 2.89. The Bertz CT molecular complexity index is 261. The first-order chi connectivity index (χ1) is 5.20. The zero-order valence-electron chi connectivity index (χ0n) is 6.24. The predicted molar refractivity (Wildman–Crippen MR) is 42.1 cm³/mol. The fraction of sp³-hybridized carbons (Fsp3) is 0.429. The van der Waals surface area contributed by atoms with Crippen LogP contribution in [0.2, 0.25) is 0 Å². The molecule has 0 saturated carbocycles. The topological polar surface area (TPSA) is 35.5 Å². The van der Waals surface area contributed by atoms with Gasteiger partial charge < -0.3 is 9.05 Å². The average molecular weight is 172 g/mol. The van der Waals surface area contributed by atoms with Crippen LogP contribution in [0.15, 0.2) is 11.4 Å². The highest BCUT2D eigenvalue weighted by molar-refractivity contribution is 7.57. The number of rotatable bonds is 1. The van der Waals surface area contributed by atoms with Gasteiger partial charge in [0.05, 0.1) is 6.61 Å². The second-order valence-corrected chi connectivity index (χ2v) is 4.07. The molecule has 0 N–H and O–H groups in total. The van der Waals surface area contributed by atoms with Crippen molar-refractivity contribution in [3.8, 4) is 12.3 Å². The lowest BCUT2D eigenvalue weighted by molar-refractivity contribution is 0.239. The molecule has 0 fully saturated rings. The van der Waals surface area contributed by atoms with Gasteiger partial charge in [0, 0.05) is 24.9 Å². The van der Waals surface area contributed by atoms with E-state index in [1.54, 1.807) is 0 Å². The van der Waals surface area contributed by atoms with Crippen LogP contribution in [0.4, 0.5) is 0 Å². The van der Waals surface area contributed by atoms with Crippen molar-refractivity contribution in [2.45, 2.75) is 6.42 Å². The predicted octanol–water partition coefficient (Wildman–Crippen LogP) is 1.76. The third-order valence-electron chi connectivity index (χ3n) is 1.40. The molecule has 0 aromatic carbocycles. The Morgan fingerprint density at radius 1 is 1.91 bits per heavy atom. The van der Waals surface area contributed by atoms with E-state index in [0.717, 1.165) is 0 Å². The summed E-state index contributed by atoms with van der Waals surface area (Å²) < 4.78 is 20.9. The van der Waals surface area contributed by atoms with Crippen LogP contribution < -0.4 is 0 Å². The molecule has 1 unspecified atom stereocenters. The van der Waals surface area contributed by atoms with Crippen LogP contribution in [-0.2, 0) is 13.6 Å². The summed E-state index contributed by atoms with van der Waals surface area (Å²) in [5.74, 6) is 3.82. The molecule has 0 bridgehead atoms. The second kappa shape index (κ2) is 3.23. The van der Waals surface area contributed by atoms with E-state index in [4.69, 9.17) is 10.9 Å². The molecule has 0 radical (unpaired) electrons. The van der Waals surface area contributed by atoms with Crippen molar-refractivity contribution in [3.05, 3.63) is 11.4 Å². The summed E-state index contributed by atoms with van der Waals surface area (Å²) in [5.41, 5.74) is 0.696. The SMILES string of the molecule is C#CC1=CP(=O)(OC)OCC1. The molecule has 60 valence electrons. The lowest BCUT2D eigenvalue weighted by Gasteiger charge is -2.17. The quantitative estimate of drug-likeness (QED) is 0.446. The highest BCUT2D eigenvalue weighted by atomic mass is 31.2. The molecule has 0 aromatic heterocycles. The standard InChI is InChI=1S/C7H9O3P/c1-3-7-4-5-10-11(8,6-7)9-2/h1,6H,4-5H2,2H3. The fourth-order valence-corrected chi connectivity index (χ4v) is 2.01. The van der Waals surface area contributed by atoms with Gasteiger partial charge in [-0.25, -0.2) is 0 Å². The molecule has 1 heterocycles. The molecule has 0 saturated heterocycles. The largest absolute Gasteiger partial charge is 0.354 e. The van der Waals surface area contributed by atoms with Crippen molar-refractivity contribution in [1.29, 1.82) is 0 Å². The van der Waals surface area contributed by atoms with Gasteiger partial charge >= 0.3 is 7.60 Å². The van der Waals surface area contributed by atoms with Crippen molar-refractivity contribution < 1.29 is 13.6 Å². The first-order valence-electron chi connectivity index (χ1n) is 3.18. The molecule has 1 aliphatic heterocycles. The molecule has 0 aromatic rings. The first-order valence-corrected chi connectivity index (χ1v) is 4.80. The average Bonchev–Trinajstić information content (AvgIpc) is 2.05. The zero-order chi connectivity index (χ0) is 8.32. The van der Waals surface area contributed by atoms with E-state index < -0.39 is 7.60 Å². The van der Waals surface area contributed by atoms with Gasteiger partial charge in [0.2, 0.25) is 0 Å². The maximum Gasteiger partial charge on any atom is 0.354 e. The third kappa shape index (κ3) is 1.94. The van der Waals surface area contributed by atoms with Crippen LogP contribution in [-0.4, -0.2) is 13.7 Å². The molecule has 0 amide bonds. The van der Waals surface area contributed by atoms with Gasteiger partial charge in [-0.1, -0.05) is 5.92 Å². The normalized spacial score (nSPS) is 30.7. The van der Waals surface area contributed by atoms with E-state index in [9.17, 15) is 4.57 Å². The van der Waals surface area contributed by atoms with Gasteiger partial charge in [-0.3, -0.25) is 4.57 Å². The van der Waals surface area contributed by atoms with Gasteiger partial charge in [0.25, 0.3) is 0 Å². The maximum absolute atomic E-state index is 11.4. The number of hydrogen-bond donors (Lipinski definition) is 0. The van der Waals surface area contributed by atoms with Crippen LogP contribution in [0, 0.1) is 12.3 Å². The van der Waals surface area contributed by atoms with E-state index >= 15 is 0 Å². The maximum atomic E-state index is 11.4. The van der Waals surface area contributed by atoms with Crippen molar-refractivity contribution in [2.24, 2.45) is 0 Å². The molecule has 0 aliphatic carbocycles. The van der Waals surface area contributed by atoms with Gasteiger partial charge in [-0.15, -0.1) is 6.42 Å². The molecule has 3 nitrogen and oxygen atoms in total. The van der Waals surface area contributed by atoms with Crippen LogP contribution in [0.3, 0.4) is 0 Å². The van der Waals surface area contributed by atoms with Crippen LogP contribution in [0.5, 0.6) is 0 Å². The molecular weight excluding hydrogens is 163 g/mol. The first kappa shape index (κ1) is 8.55. The van der Waals surface area contributed by atoms with E-state index in [2.05, 4.69) is 10.4 Å². The molecule has 11 heavy (non-hydrogen) atoms. The van der Waals surface area contributed by atoms with Crippen molar-refractivity contribution in [2.75, 3.05) is 13.7 Å². The summed E-state index contributed by atoms with van der Waals surface area (Å²) in [5, 5.41) is 0. The van der Waals surface area contributed by atoms with E-state index in [0.29, 0.717) is 18.6 Å². The number of hydrogen-bond acceptors (Lipinski definition) is 3. The summed E-state index contributed by atoms with van der Waals surface area (Å²) in [6.07, 6.45) is 5.77. The zero-order valence-corrected chi connectivity index (χ0v) is 7.14. The van der Waals surface area contributed by atoms with E-state index in [-0.39, 0.29) is 0 Å². The number of terminal acetylenes is 1. The third-order valence-corrected chi connectivity index (χ3v) is 3.08. The lowest BCUT2D eigenvalue weighted by Crippen LogP contribution is -2.01. The van der Waals surface area contributed by atoms with Crippen LogP contribution in [0.1, 0.15) is 6.42 Å². The van der Waals surface area contributed by atoms with Crippen molar-refractivity contribution >= 4 is 7.60 Å².